The van der Waals surface area contributed by atoms with Gasteiger partial charge in [-0.2, -0.15) is 5.10 Å². The van der Waals surface area contributed by atoms with Crippen LogP contribution in [-0.4, -0.2) is 24.9 Å². The molecule has 0 unspecified atom stereocenters. The monoisotopic (exact) mass is 501 g/mol. The molecule has 0 bridgehead atoms. The summed E-state index contributed by atoms with van der Waals surface area (Å²) in [5.41, 5.74) is 4.27. The van der Waals surface area contributed by atoms with Gasteiger partial charge in [0.2, 0.25) is 4.80 Å². The van der Waals surface area contributed by atoms with Crippen molar-refractivity contribution in [3.8, 4) is 22.0 Å². The SMILES string of the molecule is CC(=Nn1c(-c2cccs2)csc1=Nc1c(C)n(C)n(-c2ccccc2)c1=O)c1ccc(O)cc1. The fourth-order valence-electron chi connectivity index (χ4n) is 3.76. The molecule has 5 aromatic rings. The second kappa shape index (κ2) is 9.36. The van der Waals surface area contributed by atoms with Gasteiger partial charge in [0.25, 0.3) is 5.56 Å². The lowest BCUT2D eigenvalue weighted by Gasteiger charge is -2.07. The number of aromatic nitrogens is 3. The van der Waals surface area contributed by atoms with Crippen molar-refractivity contribution in [1.82, 2.24) is 14.0 Å². The second-order valence-corrected chi connectivity index (χ2v) is 9.73. The van der Waals surface area contributed by atoms with Crippen molar-refractivity contribution >= 4 is 34.1 Å². The van der Waals surface area contributed by atoms with E-state index in [9.17, 15) is 9.90 Å². The molecule has 176 valence electrons. The van der Waals surface area contributed by atoms with Crippen LogP contribution in [0.3, 0.4) is 0 Å². The van der Waals surface area contributed by atoms with Crippen LogP contribution in [0.2, 0.25) is 0 Å². The maximum Gasteiger partial charge on any atom is 0.297 e. The van der Waals surface area contributed by atoms with Crippen molar-refractivity contribution in [2.45, 2.75) is 13.8 Å². The van der Waals surface area contributed by atoms with Crippen molar-refractivity contribution in [2.24, 2.45) is 17.1 Å². The molecule has 0 aliphatic carbocycles. The van der Waals surface area contributed by atoms with E-state index < -0.39 is 0 Å². The zero-order chi connectivity index (χ0) is 24.5. The zero-order valence-corrected chi connectivity index (χ0v) is 21.0. The molecule has 3 heterocycles. The Labute approximate surface area is 209 Å². The third-order valence-electron chi connectivity index (χ3n) is 5.73. The molecule has 0 fully saturated rings. The number of thiophene rings is 1. The number of benzene rings is 2. The summed E-state index contributed by atoms with van der Waals surface area (Å²) < 4.78 is 5.23. The number of rotatable bonds is 5. The average Bonchev–Trinajstić information content (AvgIpc) is 3.57. The average molecular weight is 502 g/mol. The first-order chi connectivity index (χ1) is 16.9. The molecular weight excluding hydrogens is 478 g/mol. The van der Waals surface area contributed by atoms with Crippen molar-refractivity contribution in [3.63, 3.8) is 0 Å². The third-order valence-corrected chi connectivity index (χ3v) is 7.43. The van der Waals surface area contributed by atoms with E-state index in [1.807, 2.05) is 90.9 Å². The maximum absolute atomic E-state index is 13.4. The zero-order valence-electron chi connectivity index (χ0n) is 19.4. The Morgan fingerprint density at radius 2 is 1.71 bits per heavy atom. The van der Waals surface area contributed by atoms with E-state index in [4.69, 9.17) is 10.1 Å². The van der Waals surface area contributed by atoms with Crippen LogP contribution in [0.15, 0.2) is 92.4 Å². The van der Waals surface area contributed by atoms with E-state index >= 15 is 0 Å². The van der Waals surface area contributed by atoms with Gasteiger partial charge in [-0.15, -0.1) is 22.7 Å². The molecule has 9 heteroatoms. The normalized spacial score (nSPS) is 12.4. The van der Waals surface area contributed by atoms with Gasteiger partial charge in [-0.05, 0) is 67.3 Å². The Hall–Kier alpha value is -3.95. The highest BCUT2D eigenvalue weighted by atomic mass is 32.1. The van der Waals surface area contributed by atoms with Gasteiger partial charge in [-0.3, -0.25) is 9.48 Å². The number of phenolic OH excluding ortho intramolecular Hbond substituents is 1. The molecule has 0 spiro atoms. The lowest BCUT2D eigenvalue weighted by atomic mass is 10.1. The molecule has 0 aliphatic rings. The van der Waals surface area contributed by atoms with Crippen LogP contribution >= 0.6 is 22.7 Å². The first-order valence-electron chi connectivity index (χ1n) is 10.9. The van der Waals surface area contributed by atoms with E-state index in [0.29, 0.717) is 10.5 Å². The highest BCUT2D eigenvalue weighted by Gasteiger charge is 2.17. The van der Waals surface area contributed by atoms with Crippen molar-refractivity contribution in [3.05, 3.63) is 104 Å². The van der Waals surface area contributed by atoms with Crippen LogP contribution in [-0.2, 0) is 7.05 Å². The number of aromatic hydroxyl groups is 1. The quantitative estimate of drug-likeness (QED) is 0.332. The minimum atomic E-state index is -0.187. The standard InChI is InChI=1S/C26H23N5O2S2/c1-17(19-11-13-21(32)14-12-19)28-30-22(23-10-7-15-34-23)16-35-26(30)27-24-18(2)29(3)31(25(24)33)20-8-5-4-6-9-20/h4-16,32H,1-3H3. The van der Waals surface area contributed by atoms with Gasteiger partial charge < -0.3 is 5.11 Å². The Morgan fingerprint density at radius 1 is 0.971 bits per heavy atom. The fraction of sp³-hybridized carbons (Fsp3) is 0.115. The summed E-state index contributed by atoms with van der Waals surface area (Å²) in [6.45, 7) is 3.80. The largest absolute Gasteiger partial charge is 0.508 e. The minimum Gasteiger partial charge on any atom is -0.508 e. The van der Waals surface area contributed by atoms with E-state index in [1.165, 1.54) is 11.3 Å². The highest BCUT2D eigenvalue weighted by Crippen LogP contribution is 2.26. The molecule has 0 atom stereocenters. The summed E-state index contributed by atoms with van der Waals surface area (Å²) in [6.07, 6.45) is 0. The summed E-state index contributed by atoms with van der Waals surface area (Å²) >= 11 is 3.05. The first kappa shape index (κ1) is 22.8. The first-order valence-corrected chi connectivity index (χ1v) is 12.7. The second-order valence-electron chi connectivity index (χ2n) is 7.95. The van der Waals surface area contributed by atoms with Crippen molar-refractivity contribution in [1.29, 1.82) is 0 Å². The number of hydrogen-bond donors (Lipinski definition) is 1. The highest BCUT2D eigenvalue weighted by molar-refractivity contribution is 7.14. The van der Waals surface area contributed by atoms with Gasteiger partial charge >= 0.3 is 0 Å². The van der Waals surface area contributed by atoms with E-state index in [-0.39, 0.29) is 11.3 Å². The Balaban J connectivity index is 1.71. The van der Waals surface area contributed by atoms with E-state index in [0.717, 1.165) is 33.2 Å². The van der Waals surface area contributed by atoms with E-state index in [1.54, 1.807) is 32.8 Å². The summed E-state index contributed by atoms with van der Waals surface area (Å²) in [6, 6.07) is 20.5. The van der Waals surface area contributed by atoms with Crippen LogP contribution in [0, 0.1) is 6.92 Å². The van der Waals surface area contributed by atoms with Crippen molar-refractivity contribution in [2.75, 3.05) is 0 Å². The van der Waals surface area contributed by atoms with Crippen LogP contribution in [0.25, 0.3) is 16.3 Å². The molecule has 0 saturated heterocycles. The maximum atomic E-state index is 13.4. The van der Waals surface area contributed by atoms with Gasteiger partial charge in [0.15, 0.2) is 5.69 Å². The molecule has 7 nitrogen and oxygen atoms in total. The third kappa shape index (κ3) is 4.31. The molecule has 35 heavy (non-hydrogen) atoms. The van der Waals surface area contributed by atoms with Crippen LogP contribution in [0.1, 0.15) is 18.2 Å². The smallest absolute Gasteiger partial charge is 0.297 e. The number of para-hydroxylation sites is 1. The molecule has 0 saturated carbocycles. The van der Waals surface area contributed by atoms with Gasteiger partial charge in [-0.25, -0.2) is 14.4 Å². The molecule has 3 aromatic heterocycles. The predicted molar refractivity (Wildman–Crippen MR) is 142 cm³/mol. The van der Waals surface area contributed by atoms with E-state index in [2.05, 4.69) is 0 Å². The summed E-state index contributed by atoms with van der Waals surface area (Å²) in [5.74, 6) is 0.203. The summed E-state index contributed by atoms with van der Waals surface area (Å²) in [4.78, 5) is 19.9. The van der Waals surface area contributed by atoms with Gasteiger partial charge in [0.1, 0.15) is 5.75 Å². The van der Waals surface area contributed by atoms with Gasteiger partial charge in [0.05, 0.1) is 27.7 Å². The van der Waals surface area contributed by atoms with Crippen molar-refractivity contribution < 1.29 is 5.11 Å². The lowest BCUT2D eigenvalue weighted by Crippen LogP contribution is -2.20. The topological polar surface area (TPSA) is 76.8 Å². The van der Waals surface area contributed by atoms with Crippen LogP contribution in [0.4, 0.5) is 5.69 Å². The Bertz CT molecular complexity index is 1630. The van der Waals surface area contributed by atoms with Crippen LogP contribution in [0.5, 0.6) is 5.75 Å². The number of phenols is 1. The molecule has 1 N–H and O–H groups in total. The van der Waals surface area contributed by atoms with Crippen LogP contribution < -0.4 is 10.4 Å². The predicted octanol–water partition coefficient (Wildman–Crippen LogP) is 5.29. The molecular formula is C26H23N5O2S2. The minimum absolute atomic E-state index is 0.187. The number of nitrogens with zero attached hydrogens (tertiary/aromatic N) is 5. The fourth-order valence-corrected chi connectivity index (χ4v) is 5.39. The molecule has 0 aliphatic heterocycles. The molecule has 2 aromatic carbocycles. The van der Waals surface area contributed by atoms with Gasteiger partial charge in [0, 0.05) is 12.4 Å². The molecule has 0 radical (unpaired) electrons. The molecule has 5 rings (SSSR count). The number of hydrogen-bond acceptors (Lipinski definition) is 6. The Morgan fingerprint density at radius 3 is 2.40 bits per heavy atom. The Kier molecular flexibility index (Phi) is 6.10. The molecule has 0 amide bonds. The summed E-state index contributed by atoms with van der Waals surface area (Å²) in [7, 11) is 1.86. The lowest BCUT2D eigenvalue weighted by molar-refractivity contribution is 0.475. The summed E-state index contributed by atoms with van der Waals surface area (Å²) in [5, 5.41) is 18.5. The number of thiazole rings is 1. The van der Waals surface area contributed by atoms with Gasteiger partial charge in [-0.1, -0.05) is 24.3 Å².